The van der Waals surface area contributed by atoms with Gasteiger partial charge in [0.1, 0.15) is 32.1 Å². The molecule has 3 aromatic carbocycles. The fourth-order valence-electron chi connectivity index (χ4n) is 5.78. The Bertz CT molecular complexity index is 2100. The van der Waals surface area contributed by atoms with E-state index < -0.39 is 42.7 Å². The standard InChI is InChI=1S/C35H33N7O9/c1-49-22-12-10-21(11-13-22)18-50-35(48)40-33-38-31-30(32(46)39-33)37-20-42(31)16-28(43)41(17-29(44)45)15-14-36-34(47)51-19-27-25-8-4-2-6-23(25)24-7-3-5-9-26(24)27/h2-13,20,27H,14-19H2,1H3,(H,36,47)(H,44,45)(H2,38,39,40,46,48). The zero-order chi connectivity index (χ0) is 35.9. The lowest BCUT2D eigenvalue weighted by Gasteiger charge is -2.21. The van der Waals surface area contributed by atoms with Gasteiger partial charge >= 0.3 is 18.2 Å². The molecule has 4 N–H and O–H groups in total. The van der Waals surface area contributed by atoms with Crippen molar-refractivity contribution in [1.29, 1.82) is 0 Å². The van der Waals surface area contributed by atoms with Crippen LogP contribution in [0.4, 0.5) is 15.5 Å². The van der Waals surface area contributed by atoms with Crippen molar-refractivity contribution in [2.75, 3.05) is 38.7 Å². The van der Waals surface area contributed by atoms with Crippen molar-refractivity contribution in [3.63, 3.8) is 0 Å². The van der Waals surface area contributed by atoms with Crippen LogP contribution in [0.2, 0.25) is 0 Å². The Balaban J connectivity index is 1.04. The molecule has 0 radical (unpaired) electrons. The van der Waals surface area contributed by atoms with Gasteiger partial charge in [0, 0.05) is 19.0 Å². The number of fused-ring (bicyclic) bond motifs is 4. The smallest absolute Gasteiger partial charge is 0.414 e. The number of hydrogen-bond donors (Lipinski definition) is 4. The van der Waals surface area contributed by atoms with Crippen molar-refractivity contribution in [3.8, 4) is 16.9 Å². The first-order valence-electron chi connectivity index (χ1n) is 15.8. The Morgan fingerprint density at radius 3 is 2.29 bits per heavy atom. The second-order valence-electron chi connectivity index (χ2n) is 11.5. The highest BCUT2D eigenvalue weighted by Crippen LogP contribution is 2.44. The zero-order valence-corrected chi connectivity index (χ0v) is 27.3. The van der Waals surface area contributed by atoms with Gasteiger partial charge in [0.05, 0.1) is 13.4 Å². The summed E-state index contributed by atoms with van der Waals surface area (Å²) in [6, 6.07) is 22.7. The Morgan fingerprint density at radius 1 is 0.941 bits per heavy atom. The summed E-state index contributed by atoms with van der Waals surface area (Å²) in [6.07, 6.45) is -0.414. The highest BCUT2D eigenvalue weighted by Gasteiger charge is 2.29. The fraction of sp³-hybridized carbons (Fsp3) is 0.229. The van der Waals surface area contributed by atoms with E-state index in [0.29, 0.717) is 11.3 Å². The number of aromatic amines is 1. The van der Waals surface area contributed by atoms with Crippen molar-refractivity contribution in [2.24, 2.45) is 0 Å². The van der Waals surface area contributed by atoms with E-state index in [0.717, 1.165) is 27.2 Å². The number of methoxy groups -OCH3 is 1. The minimum absolute atomic E-state index is 0.0374. The van der Waals surface area contributed by atoms with Gasteiger partial charge in [-0.25, -0.2) is 14.6 Å². The molecule has 0 bridgehead atoms. The number of carboxylic acids is 1. The number of benzene rings is 3. The Labute approximate surface area is 290 Å². The number of H-pyrrole nitrogens is 1. The average Bonchev–Trinajstić information content (AvgIpc) is 3.68. The number of rotatable bonds is 13. The summed E-state index contributed by atoms with van der Waals surface area (Å²) in [5.41, 5.74) is 4.15. The first-order valence-corrected chi connectivity index (χ1v) is 15.8. The molecule has 2 aromatic heterocycles. The Kier molecular flexibility index (Phi) is 10.2. The SMILES string of the molecule is COc1ccc(COC(=O)Nc2nc3c(ncn3CC(=O)N(CCNC(=O)OCC3c4ccccc4-c4ccccc43)CC(=O)O)c(=O)[nH]2)cc1. The van der Waals surface area contributed by atoms with Crippen LogP contribution in [0.5, 0.6) is 5.75 Å². The van der Waals surface area contributed by atoms with E-state index in [1.54, 1.807) is 24.3 Å². The molecule has 1 aliphatic carbocycles. The molecule has 3 amide bonds. The number of ether oxygens (including phenoxy) is 3. The highest BCUT2D eigenvalue weighted by molar-refractivity contribution is 5.85. The van der Waals surface area contributed by atoms with E-state index in [-0.39, 0.29) is 49.3 Å². The van der Waals surface area contributed by atoms with Crippen LogP contribution < -0.4 is 20.9 Å². The van der Waals surface area contributed by atoms with E-state index in [4.69, 9.17) is 14.2 Å². The maximum atomic E-state index is 13.3. The normalized spacial score (nSPS) is 11.7. The van der Waals surface area contributed by atoms with Gasteiger partial charge in [-0.05, 0) is 39.9 Å². The molecule has 51 heavy (non-hydrogen) atoms. The van der Waals surface area contributed by atoms with Crippen LogP contribution >= 0.6 is 0 Å². The minimum atomic E-state index is -1.27. The van der Waals surface area contributed by atoms with E-state index in [1.807, 2.05) is 48.5 Å². The summed E-state index contributed by atoms with van der Waals surface area (Å²) < 4.78 is 17.1. The molecule has 1 aliphatic rings. The van der Waals surface area contributed by atoms with Gasteiger partial charge in [0.15, 0.2) is 11.2 Å². The van der Waals surface area contributed by atoms with Crippen LogP contribution in [0.1, 0.15) is 22.6 Å². The number of nitrogens with one attached hydrogen (secondary N) is 3. The maximum Gasteiger partial charge on any atom is 0.414 e. The average molecular weight is 696 g/mol. The third kappa shape index (κ3) is 7.96. The molecule has 262 valence electrons. The number of carbonyl (C=O) groups excluding carboxylic acids is 3. The highest BCUT2D eigenvalue weighted by atomic mass is 16.6. The van der Waals surface area contributed by atoms with E-state index in [2.05, 4.69) is 25.6 Å². The number of imidazole rings is 1. The molecule has 16 heteroatoms. The predicted octanol–water partition coefficient (Wildman–Crippen LogP) is 3.33. The van der Waals surface area contributed by atoms with Crippen molar-refractivity contribution < 1.29 is 38.5 Å². The number of amides is 3. The summed E-state index contributed by atoms with van der Waals surface area (Å²) in [4.78, 5) is 74.2. The second kappa shape index (κ2) is 15.2. The monoisotopic (exact) mass is 695 g/mol. The largest absolute Gasteiger partial charge is 0.497 e. The molecule has 6 rings (SSSR count). The summed E-state index contributed by atoms with van der Waals surface area (Å²) in [7, 11) is 1.53. The molecule has 0 fully saturated rings. The third-order valence-electron chi connectivity index (χ3n) is 8.20. The van der Waals surface area contributed by atoms with Crippen molar-refractivity contribution in [1.82, 2.24) is 29.7 Å². The second-order valence-corrected chi connectivity index (χ2v) is 11.5. The third-order valence-corrected chi connectivity index (χ3v) is 8.20. The first kappa shape index (κ1) is 34.2. The number of hydrogen-bond acceptors (Lipinski definition) is 10. The van der Waals surface area contributed by atoms with Gasteiger partial charge in [0.2, 0.25) is 11.9 Å². The first-order chi connectivity index (χ1) is 24.7. The number of nitrogens with zero attached hydrogens (tertiary/aromatic N) is 4. The van der Waals surface area contributed by atoms with Crippen LogP contribution in [-0.2, 0) is 32.2 Å². The Morgan fingerprint density at radius 2 is 1.63 bits per heavy atom. The molecular weight excluding hydrogens is 662 g/mol. The van der Waals surface area contributed by atoms with Crippen LogP contribution in [0.25, 0.3) is 22.3 Å². The summed E-state index contributed by atoms with van der Waals surface area (Å²) in [6.45, 7) is -1.31. The number of carbonyl (C=O) groups is 4. The number of alkyl carbamates (subject to hydrolysis) is 1. The Hall–Kier alpha value is -6.71. The molecule has 0 saturated carbocycles. The number of aromatic nitrogens is 4. The molecule has 0 unspecified atom stereocenters. The summed E-state index contributed by atoms with van der Waals surface area (Å²) in [5, 5.41) is 14.4. The van der Waals surface area contributed by atoms with Gasteiger partial charge in [-0.1, -0.05) is 60.7 Å². The van der Waals surface area contributed by atoms with E-state index in [1.165, 1.54) is 18.0 Å². The summed E-state index contributed by atoms with van der Waals surface area (Å²) >= 11 is 0. The number of carboxylic acid groups (broad SMARTS) is 1. The molecule has 5 aromatic rings. The van der Waals surface area contributed by atoms with Gasteiger partial charge in [-0.3, -0.25) is 24.7 Å². The minimum Gasteiger partial charge on any atom is -0.497 e. The molecular formula is C35H33N7O9. The van der Waals surface area contributed by atoms with Crippen LogP contribution in [0, 0.1) is 0 Å². The molecule has 0 spiro atoms. The zero-order valence-electron chi connectivity index (χ0n) is 27.3. The van der Waals surface area contributed by atoms with Gasteiger partial charge in [0.25, 0.3) is 5.56 Å². The molecule has 0 aliphatic heterocycles. The van der Waals surface area contributed by atoms with Crippen molar-refractivity contribution >= 4 is 41.2 Å². The van der Waals surface area contributed by atoms with Crippen LogP contribution in [0.15, 0.2) is 83.9 Å². The van der Waals surface area contributed by atoms with E-state index in [9.17, 15) is 29.1 Å². The molecule has 0 saturated heterocycles. The molecule has 0 atom stereocenters. The van der Waals surface area contributed by atoms with Crippen molar-refractivity contribution in [2.45, 2.75) is 19.1 Å². The number of anilines is 1. The van der Waals surface area contributed by atoms with Gasteiger partial charge in [-0.15, -0.1) is 0 Å². The topological polar surface area (TPSA) is 207 Å². The molecule has 2 heterocycles. The van der Waals surface area contributed by atoms with Gasteiger partial charge < -0.3 is 34.1 Å². The van der Waals surface area contributed by atoms with E-state index >= 15 is 0 Å². The summed E-state index contributed by atoms with van der Waals surface area (Å²) in [5.74, 6) is -1.67. The lowest BCUT2D eigenvalue weighted by atomic mass is 9.98. The predicted molar refractivity (Wildman–Crippen MR) is 182 cm³/mol. The number of aliphatic carboxylic acids is 1. The van der Waals surface area contributed by atoms with Crippen molar-refractivity contribution in [3.05, 3.63) is 106 Å². The lowest BCUT2D eigenvalue weighted by molar-refractivity contribution is -0.144. The lowest BCUT2D eigenvalue weighted by Crippen LogP contribution is -2.42. The molecule has 16 nitrogen and oxygen atoms in total. The quantitative estimate of drug-likeness (QED) is 0.141. The fourth-order valence-corrected chi connectivity index (χ4v) is 5.78. The maximum absolute atomic E-state index is 13.3. The van der Waals surface area contributed by atoms with Crippen LogP contribution in [-0.4, -0.2) is 86.9 Å². The van der Waals surface area contributed by atoms with Gasteiger partial charge in [-0.2, -0.15) is 4.98 Å². The van der Waals surface area contributed by atoms with Crippen LogP contribution in [0.3, 0.4) is 0 Å².